The largest absolute Gasteiger partial charge is 0.192 e. The first-order valence-corrected chi connectivity index (χ1v) is 5.44. The predicted molar refractivity (Wildman–Crippen MR) is 65.3 cm³/mol. The first kappa shape index (κ1) is 10.7. The summed E-state index contributed by atoms with van der Waals surface area (Å²) in [6, 6.07) is 19.3. The third-order valence-electron chi connectivity index (χ3n) is 2.45. The Morgan fingerprint density at radius 3 is 2.25 bits per heavy atom. The molecule has 0 aliphatic rings. The fourth-order valence-corrected chi connectivity index (χ4v) is 1.96. The zero-order chi connectivity index (χ0) is 11.4. The van der Waals surface area contributed by atoms with Crippen LogP contribution < -0.4 is 0 Å². The van der Waals surface area contributed by atoms with Crippen LogP contribution in [0.2, 0.25) is 0 Å². The number of hydrogen-bond acceptors (Lipinski definition) is 1. The molecule has 0 fully saturated rings. The zero-order valence-corrected chi connectivity index (χ0v) is 9.35. The second kappa shape index (κ2) is 4.83. The standard InChI is InChI=1S/C14H10ClN/c15-14(11-6-2-1-3-7-11)13-9-5-4-8-12(13)10-16/h1-9,14H. The minimum absolute atomic E-state index is 0.267. The summed E-state index contributed by atoms with van der Waals surface area (Å²) in [7, 11) is 0. The topological polar surface area (TPSA) is 23.8 Å². The highest BCUT2D eigenvalue weighted by Gasteiger charge is 2.13. The second-order valence-electron chi connectivity index (χ2n) is 3.47. The average molecular weight is 228 g/mol. The van der Waals surface area contributed by atoms with Crippen molar-refractivity contribution in [1.29, 1.82) is 5.26 Å². The van der Waals surface area contributed by atoms with Crippen LogP contribution in [-0.2, 0) is 0 Å². The highest BCUT2D eigenvalue weighted by Crippen LogP contribution is 2.30. The normalized spacial score (nSPS) is 11.8. The van der Waals surface area contributed by atoms with Crippen molar-refractivity contribution in [1.82, 2.24) is 0 Å². The molecule has 0 saturated carbocycles. The molecule has 0 N–H and O–H groups in total. The van der Waals surface area contributed by atoms with Gasteiger partial charge in [-0.25, -0.2) is 0 Å². The van der Waals surface area contributed by atoms with E-state index in [2.05, 4.69) is 6.07 Å². The monoisotopic (exact) mass is 227 g/mol. The molecular weight excluding hydrogens is 218 g/mol. The molecule has 2 aromatic rings. The van der Waals surface area contributed by atoms with E-state index in [1.54, 1.807) is 6.07 Å². The van der Waals surface area contributed by atoms with Gasteiger partial charge in [0.15, 0.2) is 0 Å². The smallest absolute Gasteiger partial charge is 0.0995 e. The number of rotatable bonds is 2. The van der Waals surface area contributed by atoms with Crippen molar-refractivity contribution in [2.75, 3.05) is 0 Å². The molecule has 78 valence electrons. The van der Waals surface area contributed by atoms with Crippen molar-refractivity contribution in [3.63, 3.8) is 0 Å². The molecule has 1 unspecified atom stereocenters. The summed E-state index contributed by atoms with van der Waals surface area (Å²) in [5.74, 6) is 0. The van der Waals surface area contributed by atoms with Crippen molar-refractivity contribution < 1.29 is 0 Å². The SMILES string of the molecule is N#Cc1ccccc1C(Cl)c1ccccc1. The number of nitrogens with zero attached hydrogens (tertiary/aromatic N) is 1. The predicted octanol–water partition coefficient (Wildman–Crippen LogP) is 3.89. The molecule has 0 amide bonds. The van der Waals surface area contributed by atoms with Crippen LogP contribution in [0.15, 0.2) is 54.6 Å². The van der Waals surface area contributed by atoms with E-state index in [1.165, 1.54) is 0 Å². The highest BCUT2D eigenvalue weighted by molar-refractivity contribution is 6.22. The number of nitriles is 1. The van der Waals surface area contributed by atoms with Gasteiger partial charge in [0, 0.05) is 0 Å². The fraction of sp³-hybridized carbons (Fsp3) is 0.0714. The van der Waals surface area contributed by atoms with Gasteiger partial charge in [-0.05, 0) is 17.2 Å². The molecule has 1 nitrogen and oxygen atoms in total. The summed E-state index contributed by atoms with van der Waals surface area (Å²) in [6.45, 7) is 0. The van der Waals surface area contributed by atoms with Crippen LogP contribution in [0.5, 0.6) is 0 Å². The van der Waals surface area contributed by atoms with Gasteiger partial charge in [-0.1, -0.05) is 48.5 Å². The summed E-state index contributed by atoms with van der Waals surface area (Å²) >= 11 is 6.36. The average Bonchev–Trinajstić information content (AvgIpc) is 2.39. The summed E-state index contributed by atoms with van der Waals surface area (Å²) in [5, 5.41) is 8.74. The molecule has 0 saturated heterocycles. The molecule has 0 aliphatic carbocycles. The van der Waals surface area contributed by atoms with Gasteiger partial charge in [-0.3, -0.25) is 0 Å². The maximum Gasteiger partial charge on any atom is 0.0995 e. The van der Waals surface area contributed by atoms with Crippen molar-refractivity contribution in [3.05, 3.63) is 71.3 Å². The number of halogens is 1. The van der Waals surface area contributed by atoms with Gasteiger partial charge in [0.2, 0.25) is 0 Å². The molecule has 16 heavy (non-hydrogen) atoms. The minimum atomic E-state index is -0.267. The Hall–Kier alpha value is -1.78. The van der Waals surface area contributed by atoms with E-state index in [1.807, 2.05) is 48.5 Å². The van der Waals surface area contributed by atoms with E-state index in [4.69, 9.17) is 16.9 Å². The molecule has 0 bridgehead atoms. The van der Waals surface area contributed by atoms with E-state index >= 15 is 0 Å². The first-order chi connectivity index (χ1) is 7.83. The van der Waals surface area contributed by atoms with Crippen molar-refractivity contribution >= 4 is 11.6 Å². The Morgan fingerprint density at radius 2 is 1.56 bits per heavy atom. The Labute approximate surface area is 99.9 Å². The maximum absolute atomic E-state index is 9.01. The second-order valence-corrected chi connectivity index (χ2v) is 3.91. The van der Waals surface area contributed by atoms with E-state index in [0.29, 0.717) is 5.56 Å². The third kappa shape index (κ3) is 2.08. The van der Waals surface area contributed by atoms with E-state index in [-0.39, 0.29) is 5.38 Å². The van der Waals surface area contributed by atoms with Gasteiger partial charge < -0.3 is 0 Å². The highest BCUT2D eigenvalue weighted by atomic mass is 35.5. The molecular formula is C14H10ClN. The van der Waals surface area contributed by atoms with Crippen LogP contribution >= 0.6 is 11.6 Å². The molecule has 0 heterocycles. The quantitative estimate of drug-likeness (QED) is 0.715. The zero-order valence-electron chi connectivity index (χ0n) is 8.60. The minimum Gasteiger partial charge on any atom is -0.192 e. The van der Waals surface area contributed by atoms with Gasteiger partial charge in [0.1, 0.15) is 0 Å². The Morgan fingerprint density at radius 1 is 0.938 bits per heavy atom. The van der Waals surface area contributed by atoms with Crippen molar-refractivity contribution in [2.45, 2.75) is 5.38 Å². The van der Waals surface area contributed by atoms with Gasteiger partial charge in [-0.2, -0.15) is 5.26 Å². The molecule has 2 heteroatoms. The molecule has 0 aliphatic heterocycles. The lowest BCUT2D eigenvalue weighted by Crippen LogP contribution is -1.96. The first-order valence-electron chi connectivity index (χ1n) is 5.01. The van der Waals surface area contributed by atoms with E-state index in [9.17, 15) is 0 Å². The Bertz CT molecular complexity index is 514. The molecule has 2 aromatic carbocycles. The van der Waals surface area contributed by atoms with Crippen LogP contribution in [0.25, 0.3) is 0 Å². The Balaban J connectivity index is 2.42. The molecule has 1 atom stereocenters. The van der Waals surface area contributed by atoms with Gasteiger partial charge in [0.25, 0.3) is 0 Å². The summed E-state index contributed by atoms with van der Waals surface area (Å²) < 4.78 is 0. The Kier molecular flexibility index (Phi) is 3.24. The lowest BCUT2D eigenvalue weighted by molar-refractivity contribution is 1.13. The lowest BCUT2D eigenvalue weighted by atomic mass is 10.00. The number of benzene rings is 2. The van der Waals surface area contributed by atoms with Crippen LogP contribution in [0.1, 0.15) is 22.1 Å². The summed E-state index contributed by atoms with van der Waals surface area (Å²) in [5.41, 5.74) is 2.50. The van der Waals surface area contributed by atoms with Crippen molar-refractivity contribution in [2.24, 2.45) is 0 Å². The third-order valence-corrected chi connectivity index (χ3v) is 2.93. The van der Waals surface area contributed by atoms with Gasteiger partial charge >= 0.3 is 0 Å². The van der Waals surface area contributed by atoms with Gasteiger partial charge in [0.05, 0.1) is 17.0 Å². The van der Waals surface area contributed by atoms with Crippen LogP contribution in [0.3, 0.4) is 0 Å². The molecule has 0 aromatic heterocycles. The van der Waals surface area contributed by atoms with Crippen LogP contribution in [0.4, 0.5) is 0 Å². The molecule has 0 spiro atoms. The fourth-order valence-electron chi connectivity index (χ4n) is 1.62. The van der Waals surface area contributed by atoms with Crippen LogP contribution in [0, 0.1) is 11.3 Å². The van der Waals surface area contributed by atoms with Gasteiger partial charge in [-0.15, -0.1) is 11.6 Å². The molecule has 0 radical (unpaired) electrons. The number of alkyl halides is 1. The van der Waals surface area contributed by atoms with Crippen LogP contribution in [-0.4, -0.2) is 0 Å². The lowest BCUT2D eigenvalue weighted by Gasteiger charge is -2.11. The van der Waals surface area contributed by atoms with Crippen molar-refractivity contribution in [3.8, 4) is 6.07 Å². The van der Waals surface area contributed by atoms with E-state index < -0.39 is 0 Å². The summed E-state index contributed by atoms with van der Waals surface area (Å²) in [6.07, 6.45) is 0. The number of hydrogen-bond donors (Lipinski definition) is 0. The maximum atomic E-state index is 9.01. The van der Waals surface area contributed by atoms with E-state index in [0.717, 1.165) is 11.1 Å². The summed E-state index contributed by atoms with van der Waals surface area (Å²) in [4.78, 5) is 0. The molecule has 2 rings (SSSR count).